The van der Waals surface area contributed by atoms with Crippen LogP contribution in [0.2, 0.25) is 0 Å². The number of hydrogen-bond donors (Lipinski definition) is 2. The molecule has 7 nitrogen and oxygen atoms in total. The normalized spacial score (nSPS) is 22.7. The average Bonchev–Trinajstić information content (AvgIpc) is 2.78. The van der Waals surface area contributed by atoms with E-state index in [1.54, 1.807) is 18.2 Å². The van der Waals surface area contributed by atoms with Gasteiger partial charge in [0.25, 0.3) is 0 Å². The number of carbonyl (C=O) groups is 2. The van der Waals surface area contributed by atoms with Crippen molar-refractivity contribution in [1.29, 1.82) is 0 Å². The number of fused-ring (bicyclic) bond motifs is 3. The summed E-state index contributed by atoms with van der Waals surface area (Å²) in [4.78, 5) is 26.0. The van der Waals surface area contributed by atoms with Gasteiger partial charge in [-0.3, -0.25) is 9.69 Å². The van der Waals surface area contributed by atoms with Crippen molar-refractivity contribution in [3.63, 3.8) is 0 Å². The molecule has 2 aliphatic heterocycles. The third-order valence-corrected chi connectivity index (χ3v) is 4.21. The van der Waals surface area contributed by atoms with Crippen LogP contribution in [0.15, 0.2) is 18.2 Å². The first kappa shape index (κ1) is 14.6. The first-order chi connectivity index (χ1) is 10.4. The Hall–Kier alpha value is -2.35. The van der Waals surface area contributed by atoms with Crippen molar-refractivity contribution in [2.75, 3.05) is 16.8 Å². The van der Waals surface area contributed by atoms with Crippen LogP contribution in [0.4, 0.5) is 16.2 Å². The Morgan fingerprint density at radius 2 is 2.18 bits per heavy atom. The number of urea groups is 1. The molecule has 2 aliphatic rings. The van der Waals surface area contributed by atoms with Crippen molar-refractivity contribution in [2.45, 2.75) is 26.0 Å². The van der Waals surface area contributed by atoms with Crippen molar-refractivity contribution in [2.24, 2.45) is 5.73 Å². The standard InChI is InChI=1S/C14H16N4O3S/c1-7-11-6-17(13(15)20)14(22)18(11)10-5-9(16-8(2)19)3-4-12(10)21-7/h3-5,7,11H,6H2,1-2H3,(H2,15,20)(H,16,19). The summed E-state index contributed by atoms with van der Waals surface area (Å²) in [7, 11) is 0. The molecule has 0 spiro atoms. The molecular weight excluding hydrogens is 304 g/mol. The molecule has 1 fully saturated rings. The molecule has 0 saturated carbocycles. The number of rotatable bonds is 1. The Morgan fingerprint density at radius 3 is 2.82 bits per heavy atom. The summed E-state index contributed by atoms with van der Waals surface area (Å²) in [5.74, 6) is 0.496. The molecular formula is C14H16N4O3S. The SMILES string of the molecule is CC(=O)Nc1ccc2c(c1)N1C(=S)N(C(N)=O)CC1C(C)O2. The third-order valence-electron chi connectivity index (χ3n) is 3.80. The van der Waals surface area contributed by atoms with Crippen molar-refractivity contribution < 1.29 is 14.3 Å². The quantitative estimate of drug-likeness (QED) is 0.761. The van der Waals surface area contributed by atoms with Crippen LogP contribution in [0, 0.1) is 0 Å². The highest BCUT2D eigenvalue weighted by Crippen LogP contribution is 2.41. The number of benzene rings is 1. The fourth-order valence-electron chi connectivity index (χ4n) is 2.81. The van der Waals surface area contributed by atoms with Crippen LogP contribution in [-0.4, -0.2) is 40.6 Å². The average molecular weight is 320 g/mol. The zero-order chi connectivity index (χ0) is 16.0. The maximum absolute atomic E-state index is 11.5. The van der Waals surface area contributed by atoms with Gasteiger partial charge >= 0.3 is 6.03 Å². The minimum atomic E-state index is -0.578. The molecule has 22 heavy (non-hydrogen) atoms. The van der Waals surface area contributed by atoms with E-state index < -0.39 is 6.03 Å². The summed E-state index contributed by atoms with van der Waals surface area (Å²) in [6.07, 6.45) is -0.138. The molecule has 2 heterocycles. The second-order valence-electron chi connectivity index (χ2n) is 5.36. The molecule has 0 aromatic heterocycles. The van der Waals surface area contributed by atoms with Gasteiger partial charge in [-0.1, -0.05) is 0 Å². The number of amides is 3. The molecule has 0 radical (unpaired) electrons. The molecule has 0 aliphatic carbocycles. The van der Waals surface area contributed by atoms with Gasteiger partial charge in [0.2, 0.25) is 5.91 Å². The lowest BCUT2D eigenvalue weighted by molar-refractivity contribution is -0.114. The van der Waals surface area contributed by atoms with Crippen molar-refractivity contribution in [3.8, 4) is 5.75 Å². The van der Waals surface area contributed by atoms with Crippen LogP contribution >= 0.6 is 12.2 Å². The highest BCUT2D eigenvalue weighted by molar-refractivity contribution is 7.80. The second kappa shape index (κ2) is 5.13. The lowest BCUT2D eigenvalue weighted by Gasteiger charge is -2.36. The van der Waals surface area contributed by atoms with Gasteiger partial charge in [-0.25, -0.2) is 4.79 Å². The van der Waals surface area contributed by atoms with Gasteiger partial charge in [-0.05, 0) is 37.3 Å². The monoisotopic (exact) mass is 320 g/mol. The second-order valence-corrected chi connectivity index (χ2v) is 5.72. The molecule has 8 heteroatoms. The van der Waals surface area contributed by atoms with Crippen LogP contribution in [-0.2, 0) is 4.79 Å². The Bertz CT molecular complexity index is 678. The van der Waals surface area contributed by atoms with E-state index in [2.05, 4.69) is 5.32 Å². The number of anilines is 2. The molecule has 2 atom stereocenters. The van der Waals surface area contributed by atoms with Gasteiger partial charge in [0, 0.05) is 12.6 Å². The smallest absolute Gasteiger partial charge is 0.321 e. The molecule has 1 saturated heterocycles. The largest absolute Gasteiger partial charge is 0.486 e. The summed E-state index contributed by atoms with van der Waals surface area (Å²) in [6, 6.07) is 4.65. The number of nitrogens with two attached hydrogens (primary N) is 1. The first-order valence-corrected chi connectivity index (χ1v) is 7.27. The van der Waals surface area contributed by atoms with Crippen molar-refractivity contribution >= 4 is 40.6 Å². The summed E-state index contributed by atoms with van der Waals surface area (Å²) in [5, 5.41) is 3.08. The zero-order valence-electron chi connectivity index (χ0n) is 12.2. The molecule has 3 rings (SSSR count). The molecule has 3 amide bonds. The highest BCUT2D eigenvalue weighted by Gasteiger charge is 2.45. The molecule has 2 unspecified atom stereocenters. The number of primary amides is 1. The van der Waals surface area contributed by atoms with E-state index in [0.29, 0.717) is 23.1 Å². The van der Waals surface area contributed by atoms with Crippen molar-refractivity contribution in [3.05, 3.63) is 18.2 Å². The van der Waals surface area contributed by atoms with Gasteiger partial charge in [0.15, 0.2) is 5.11 Å². The Labute approximate surface area is 133 Å². The predicted octanol–water partition coefficient (Wildman–Crippen LogP) is 1.28. The molecule has 1 aromatic rings. The van der Waals surface area contributed by atoms with Gasteiger partial charge in [0.1, 0.15) is 11.9 Å². The Morgan fingerprint density at radius 1 is 1.45 bits per heavy atom. The van der Waals surface area contributed by atoms with E-state index in [4.69, 9.17) is 22.7 Å². The van der Waals surface area contributed by atoms with Crippen LogP contribution in [0.25, 0.3) is 0 Å². The number of hydrogen-bond acceptors (Lipinski definition) is 4. The van der Waals surface area contributed by atoms with Gasteiger partial charge < -0.3 is 20.7 Å². The number of nitrogens with zero attached hydrogens (tertiary/aromatic N) is 2. The fourth-order valence-corrected chi connectivity index (χ4v) is 3.21. The molecule has 0 bridgehead atoms. The van der Waals surface area contributed by atoms with Crippen LogP contribution in [0.5, 0.6) is 5.75 Å². The maximum atomic E-state index is 11.5. The highest BCUT2D eigenvalue weighted by atomic mass is 32.1. The minimum absolute atomic E-state index is 0.0971. The van der Waals surface area contributed by atoms with Crippen LogP contribution < -0.4 is 20.7 Å². The Balaban J connectivity index is 2.03. The topological polar surface area (TPSA) is 87.9 Å². The van der Waals surface area contributed by atoms with Gasteiger partial charge in [-0.15, -0.1) is 0 Å². The van der Waals surface area contributed by atoms with Crippen LogP contribution in [0.1, 0.15) is 13.8 Å². The van der Waals surface area contributed by atoms with E-state index in [0.717, 1.165) is 5.69 Å². The molecule has 116 valence electrons. The van der Waals surface area contributed by atoms with E-state index >= 15 is 0 Å². The molecule has 3 N–H and O–H groups in total. The van der Waals surface area contributed by atoms with Gasteiger partial charge in [-0.2, -0.15) is 0 Å². The fraction of sp³-hybridized carbons (Fsp3) is 0.357. The van der Waals surface area contributed by atoms with E-state index in [1.165, 1.54) is 11.8 Å². The van der Waals surface area contributed by atoms with Crippen molar-refractivity contribution in [1.82, 2.24) is 4.90 Å². The Kier molecular flexibility index (Phi) is 3.40. The number of carbonyl (C=O) groups excluding carboxylic acids is 2. The van der Waals surface area contributed by atoms with E-state index in [9.17, 15) is 9.59 Å². The third kappa shape index (κ3) is 2.25. The summed E-state index contributed by atoms with van der Waals surface area (Å²) >= 11 is 5.38. The summed E-state index contributed by atoms with van der Waals surface area (Å²) in [6.45, 7) is 3.75. The molecule has 1 aromatic carbocycles. The zero-order valence-corrected chi connectivity index (χ0v) is 13.0. The van der Waals surface area contributed by atoms with E-state index in [-0.39, 0.29) is 18.1 Å². The van der Waals surface area contributed by atoms with Gasteiger partial charge in [0.05, 0.1) is 18.3 Å². The van der Waals surface area contributed by atoms with E-state index in [1.807, 2.05) is 11.8 Å². The first-order valence-electron chi connectivity index (χ1n) is 6.87. The number of nitrogens with one attached hydrogen (secondary N) is 1. The number of thiocarbonyl (C=S) groups is 1. The number of ether oxygens (including phenoxy) is 1. The van der Waals surface area contributed by atoms with Crippen LogP contribution in [0.3, 0.4) is 0 Å². The predicted molar refractivity (Wildman–Crippen MR) is 86.0 cm³/mol. The minimum Gasteiger partial charge on any atom is -0.486 e. The summed E-state index contributed by atoms with van der Waals surface area (Å²) < 4.78 is 5.89. The summed E-state index contributed by atoms with van der Waals surface area (Å²) in [5.41, 5.74) is 6.75. The lowest BCUT2D eigenvalue weighted by atomic mass is 10.1. The maximum Gasteiger partial charge on any atom is 0.321 e. The lowest BCUT2D eigenvalue weighted by Crippen LogP contribution is -2.47.